The first-order valence-corrected chi connectivity index (χ1v) is 14.8. The summed E-state index contributed by atoms with van der Waals surface area (Å²) in [5.41, 5.74) is 3.58. The zero-order chi connectivity index (χ0) is 26.7. The Bertz CT molecular complexity index is 1550. The third-order valence-corrected chi connectivity index (χ3v) is 8.33. The molecule has 2 aromatic carbocycles. The van der Waals surface area contributed by atoms with Gasteiger partial charge in [-0.05, 0) is 41.3 Å². The van der Waals surface area contributed by atoms with E-state index in [4.69, 9.17) is 9.72 Å². The molecule has 3 heterocycles. The van der Waals surface area contributed by atoms with E-state index >= 15 is 0 Å². The van der Waals surface area contributed by atoms with E-state index in [9.17, 15) is 13.2 Å². The Balaban J connectivity index is 1.35. The van der Waals surface area contributed by atoms with Gasteiger partial charge in [0, 0.05) is 25.8 Å². The molecule has 0 unspecified atom stereocenters. The van der Waals surface area contributed by atoms with Crippen molar-refractivity contribution in [2.24, 2.45) is 0 Å². The van der Waals surface area contributed by atoms with Crippen molar-refractivity contribution in [1.82, 2.24) is 14.9 Å². The molecule has 0 atom stereocenters. The highest BCUT2D eigenvalue weighted by Crippen LogP contribution is 2.34. The van der Waals surface area contributed by atoms with E-state index in [0.717, 1.165) is 27.7 Å². The van der Waals surface area contributed by atoms with Crippen molar-refractivity contribution in [3.8, 4) is 0 Å². The fourth-order valence-corrected chi connectivity index (χ4v) is 5.39. The van der Waals surface area contributed by atoms with Gasteiger partial charge < -0.3 is 20.3 Å². The zero-order valence-electron chi connectivity index (χ0n) is 21.0. The average molecular weight is 553 g/mol. The summed E-state index contributed by atoms with van der Waals surface area (Å²) in [7, 11) is -1.93. The highest BCUT2D eigenvalue weighted by Gasteiger charge is 2.19. The van der Waals surface area contributed by atoms with E-state index in [2.05, 4.69) is 15.6 Å². The number of sulfonamides is 1. The molecule has 1 aliphatic heterocycles. The summed E-state index contributed by atoms with van der Waals surface area (Å²) in [6.45, 7) is 2.43. The Morgan fingerprint density at radius 2 is 1.79 bits per heavy atom. The van der Waals surface area contributed by atoms with Gasteiger partial charge in [-0.3, -0.25) is 9.10 Å². The molecule has 0 saturated carbocycles. The van der Waals surface area contributed by atoms with Crippen LogP contribution in [0.4, 0.5) is 28.8 Å². The monoisotopic (exact) mass is 552 g/mol. The molecule has 4 aromatic rings. The Morgan fingerprint density at radius 3 is 2.53 bits per heavy atom. The van der Waals surface area contributed by atoms with Gasteiger partial charge in [0.25, 0.3) is 0 Å². The number of ether oxygens (including phenoxy) is 1. The number of thiophene rings is 1. The summed E-state index contributed by atoms with van der Waals surface area (Å²) in [6, 6.07) is 16.7. The summed E-state index contributed by atoms with van der Waals surface area (Å²) in [4.78, 5) is 23.7. The summed E-state index contributed by atoms with van der Waals surface area (Å²) in [5.74, 6) is 1.05. The van der Waals surface area contributed by atoms with Gasteiger partial charge in [-0.1, -0.05) is 24.3 Å². The number of carbonyl (C=O) groups is 1. The molecular weight excluding hydrogens is 524 g/mol. The Morgan fingerprint density at radius 1 is 1.05 bits per heavy atom. The normalized spacial score (nSPS) is 13.9. The van der Waals surface area contributed by atoms with E-state index < -0.39 is 10.0 Å². The second-order valence-electron chi connectivity index (χ2n) is 8.90. The topological polar surface area (TPSA) is 117 Å². The van der Waals surface area contributed by atoms with E-state index in [1.54, 1.807) is 12.1 Å². The molecule has 5 rings (SSSR count). The van der Waals surface area contributed by atoms with Crippen molar-refractivity contribution in [2.45, 2.75) is 6.42 Å². The quantitative estimate of drug-likeness (QED) is 0.337. The van der Waals surface area contributed by atoms with Crippen molar-refractivity contribution in [3.63, 3.8) is 0 Å². The molecule has 1 amide bonds. The standard InChI is InChI=1S/C26H28N6O4S2/c1-31(38(2,34)35)22-6-4-3-5-20(22)28-25-24-21(11-16-37-24)29-26(30-25)27-19-9-7-18(8-10-19)17-23(33)32-12-14-36-15-13-32/h3-11,16H,12-15,17H2,1-2H3,(H2,27,28,29,30). The Hall–Kier alpha value is -3.74. The average Bonchev–Trinajstić information content (AvgIpc) is 3.39. The minimum atomic E-state index is -3.45. The fourth-order valence-electron chi connectivity index (χ4n) is 4.10. The van der Waals surface area contributed by atoms with Crippen LogP contribution < -0.4 is 14.9 Å². The Kier molecular flexibility index (Phi) is 7.45. The van der Waals surface area contributed by atoms with Gasteiger partial charge in [0.15, 0.2) is 5.82 Å². The molecule has 2 N–H and O–H groups in total. The van der Waals surface area contributed by atoms with Crippen LogP contribution in [0.5, 0.6) is 0 Å². The van der Waals surface area contributed by atoms with Gasteiger partial charge >= 0.3 is 0 Å². The van der Waals surface area contributed by atoms with Gasteiger partial charge in [0.1, 0.15) is 0 Å². The second kappa shape index (κ2) is 10.9. The third-order valence-electron chi connectivity index (χ3n) is 6.23. The second-order valence-corrected chi connectivity index (χ2v) is 11.8. The summed E-state index contributed by atoms with van der Waals surface area (Å²) in [6.07, 6.45) is 1.50. The van der Waals surface area contributed by atoms with Gasteiger partial charge in [0.05, 0.1) is 47.5 Å². The van der Waals surface area contributed by atoms with Crippen LogP contribution in [-0.2, 0) is 26.0 Å². The number of hydrogen-bond donors (Lipinski definition) is 2. The van der Waals surface area contributed by atoms with Crippen LogP contribution in [0.15, 0.2) is 60.0 Å². The lowest BCUT2D eigenvalue weighted by Crippen LogP contribution is -2.41. The fraction of sp³-hybridized carbons (Fsp3) is 0.269. The van der Waals surface area contributed by atoms with Crippen LogP contribution in [0.2, 0.25) is 0 Å². The van der Waals surface area contributed by atoms with Crippen LogP contribution in [0.1, 0.15) is 5.56 Å². The smallest absolute Gasteiger partial charge is 0.232 e. The maximum absolute atomic E-state index is 12.5. The zero-order valence-corrected chi connectivity index (χ0v) is 22.7. The summed E-state index contributed by atoms with van der Waals surface area (Å²) in [5, 5.41) is 8.48. The number of rotatable bonds is 8. The minimum absolute atomic E-state index is 0.0952. The van der Waals surface area contributed by atoms with Crippen LogP contribution in [0.25, 0.3) is 10.2 Å². The molecule has 38 heavy (non-hydrogen) atoms. The third kappa shape index (κ3) is 5.87. The Labute approximate surface area is 225 Å². The molecule has 0 spiro atoms. The number of amides is 1. The highest BCUT2D eigenvalue weighted by molar-refractivity contribution is 7.92. The number of hydrogen-bond acceptors (Lipinski definition) is 9. The number of carbonyl (C=O) groups excluding carboxylic acids is 1. The van der Waals surface area contributed by atoms with Crippen LogP contribution in [-0.4, -0.2) is 68.8 Å². The summed E-state index contributed by atoms with van der Waals surface area (Å²) >= 11 is 1.50. The van der Waals surface area contributed by atoms with E-state index in [-0.39, 0.29) is 5.91 Å². The molecule has 198 valence electrons. The SMILES string of the molecule is CN(c1ccccc1Nc1nc(Nc2ccc(CC(=O)N3CCOCC3)cc2)nc2ccsc12)S(C)(=O)=O. The molecule has 1 aliphatic rings. The molecule has 1 fully saturated rings. The van der Waals surface area contributed by atoms with Crippen molar-refractivity contribution >= 4 is 66.3 Å². The van der Waals surface area contributed by atoms with Crippen LogP contribution in [0.3, 0.4) is 0 Å². The van der Waals surface area contributed by atoms with Crippen LogP contribution >= 0.6 is 11.3 Å². The van der Waals surface area contributed by atoms with Crippen molar-refractivity contribution < 1.29 is 17.9 Å². The lowest BCUT2D eigenvalue weighted by Gasteiger charge is -2.26. The first-order valence-electron chi connectivity index (χ1n) is 12.0. The highest BCUT2D eigenvalue weighted by atomic mass is 32.2. The molecule has 2 aromatic heterocycles. The van der Waals surface area contributed by atoms with Crippen LogP contribution in [0, 0.1) is 0 Å². The molecule has 10 nitrogen and oxygen atoms in total. The van der Waals surface area contributed by atoms with Gasteiger partial charge in [0.2, 0.25) is 21.9 Å². The maximum Gasteiger partial charge on any atom is 0.232 e. The number of nitrogens with zero attached hydrogens (tertiary/aromatic N) is 4. The van der Waals surface area contributed by atoms with Gasteiger partial charge in [-0.2, -0.15) is 4.98 Å². The van der Waals surface area contributed by atoms with Gasteiger partial charge in [-0.25, -0.2) is 13.4 Å². The van der Waals surface area contributed by atoms with E-state index in [1.807, 2.05) is 52.7 Å². The number of anilines is 5. The number of benzene rings is 2. The largest absolute Gasteiger partial charge is 0.378 e. The molecule has 12 heteroatoms. The predicted molar refractivity (Wildman–Crippen MR) is 151 cm³/mol. The van der Waals surface area contributed by atoms with E-state index in [0.29, 0.717) is 55.9 Å². The maximum atomic E-state index is 12.5. The predicted octanol–water partition coefficient (Wildman–Crippen LogP) is 3.98. The van der Waals surface area contributed by atoms with Crippen molar-refractivity contribution in [1.29, 1.82) is 0 Å². The number of nitrogens with one attached hydrogen (secondary N) is 2. The van der Waals surface area contributed by atoms with E-state index in [1.165, 1.54) is 22.7 Å². The van der Waals surface area contributed by atoms with Gasteiger partial charge in [-0.15, -0.1) is 11.3 Å². The lowest BCUT2D eigenvalue weighted by molar-refractivity contribution is -0.134. The molecule has 0 bridgehead atoms. The molecule has 0 radical (unpaired) electrons. The lowest BCUT2D eigenvalue weighted by atomic mass is 10.1. The minimum Gasteiger partial charge on any atom is -0.378 e. The summed E-state index contributed by atoms with van der Waals surface area (Å²) < 4.78 is 31.7. The van der Waals surface area contributed by atoms with Crippen molar-refractivity contribution in [3.05, 3.63) is 65.5 Å². The number of para-hydroxylation sites is 2. The first-order chi connectivity index (χ1) is 18.3. The number of morpholine rings is 1. The number of aromatic nitrogens is 2. The molecule has 1 saturated heterocycles. The first kappa shape index (κ1) is 25.9. The molecule has 0 aliphatic carbocycles. The van der Waals surface area contributed by atoms with Crippen molar-refractivity contribution in [2.75, 3.05) is 54.5 Å². The molecular formula is C26H28N6O4S2. The number of fused-ring (bicyclic) bond motifs is 1.